The van der Waals surface area contributed by atoms with E-state index in [1.807, 2.05) is 6.07 Å². The van der Waals surface area contributed by atoms with Crippen LogP contribution < -0.4 is 11.1 Å². The average Bonchev–Trinajstić information content (AvgIpc) is 2.40. The van der Waals surface area contributed by atoms with E-state index in [4.69, 9.17) is 5.73 Å². The Morgan fingerprint density at radius 3 is 2.60 bits per heavy atom. The number of pyridine rings is 1. The molecule has 0 saturated heterocycles. The molecule has 1 aromatic heterocycles. The van der Waals surface area contributed by atoms with Gasteiger partial charge in [0, 0.05) is 12.6 Å². The van der Waals surface area contributed by atoms with E-state index in [0.717, 1.165) is 5.56 Å². The molecule has 0 aliphatic heterocycles. The molecule has 0 unspecified atom stereocenters. The van der Waals surface area contributed by atoms with Crippen molar-refractivity contribution in [2.24, 2.45) is 0 Å². The van der Waals surface area contributed by atoms with Gasteiger partial charge in [-0.2, -0.15) is 0 Å². The maximum absolute atomic E-state index is 10.6. The lowest BCUT2D eigenvalue weighted by Gasteiger charge is -2.08. The molecule has 6 nitrogen and oxygen atoms in total. The number of anilines is 2. The minimum Gasteiger partial charge on any atom is -0.378 e. The Labute approximate surface area is 116 Å². The van der Waals surface area contributed by atoms with Crippen LogP contribution in [0.5, 0.6) is 0 Å². The fourth-order valence-corrected chi connectivity index (χ4v) is 1.83. The topological polar surface area (TPSA) is 94.1 Å². The zero-order valence-electron chi connectivity index (χ0n) is 11.4. The van der Waals surface area contributed by atoms with Crippen molar-refractivity contribution in [2.75, 3.05) is 11.1 Å². The maximum atomic E-state index is 10.6. The fourth-order valence-electron chi connectivity index (χ4n) is 1.83. The van der Waals surface area contributed by atoms with Crippen LogP contribution in [0.3, 0.4) is 0 Å². The standard InChI is InChI=1S/C14H16N4O2/c1-9-3-4-11(7-10(9)2)8-16-13-6-5-12(18(19)20)14(15)17-13/h3-7H,8H2,1-2H3,(H3,15,16,17). The molecule has 0 radical (unpaired) electrons. The summed E-state index contributed by atoms with van der Waals surface area (Å²) in [7, 11) is 0. The van der Waals surface area contributed by atoms with Crippen molar-refractivity contribution in [1.82, 2.24) is 4.98 Å². The van der Waals surface area contributed by atoms with Crippen molar-refractivity contribution < 1.29 is 4.92 Å². The van der Waals surface area contributed by atoms with E-state index >= 15 is 0 Å². The lowest BCUT2D eigenvalue weighted by atomic mass is 10.1. The molecule has 104 valence electrons. The molecule has 2 aromatic rings. The van der Waals surface area contributed by atoms with Crippen molar-refractivity contribution in [2.45, 2.75) is 20.4 Å². The highest BCUT2D eigenvalue weighted by atomic mass is 16.6. The minimum absolute atomic E-state index is 0.0833. The Kier molecular flexibility index (Phi) is 3.84. The normalized spacial score (nSPS) is 10.3. The van der Waals surface area contributed by atoms with E-state index < -0.39 is 4.92 Å². The summed E-state index contributed by atoms with van der Waals surface area (Å²) in [6.45, 7) is 4.71. The van der Waals surface area contributed by atoms with Crippen LogP contribution in [-0.4, -0.2) is 9.91 Å². The molecule has 0 bridgehead atoms. The van der Waals surface area contributed by atoms with E-state index in [1.54, 1.807) is 6.07 Å². The summed E-state index contributed by atoms with van der Waals surface area (Å²) >= 11 is 0. The quantitative estimate of drug-likeness (QED) is 0.659. The summed E-state index contributed by atoms with van der Waals surface area (Å²) in [5, 5.41) is 13.7. The molecular weight excluding hydrogens is 256 g/mol. The van der Waals surface area contributed by atoms with Crippen LogP contribution in [0.25, 0.3) is 0 Å². The van der Waals surface area contributed by atoms with E-state index in [1.165, 1.54) is 17.2 Å². The molecule has 0 amide bonds. The van der Waals surface area contributed by atoms with Gasteiger partial charge in [-0.25, -0.2) is 4.98 Å². The number of aryl methyl sites for hydroxylation is 2. The first-order chi connectivity index (χ1) is 9.47. The van der Waals surface area contributed by atoms with Crippen molar-refractivity contribution in [3.63, 3.8) is 0 Å². The molecule has 2 rings (SSSR count). The predicted molar refractivity (Wildman–Crippen MR) is 78.5 cm³/mol. The van der Waals surface area contributed by atoms with Gasteiger partial charge in [0.15, 0.2) is 0 Å². The Balaban J connectivity index is 2.09. The van der Waals surface area contributed by atoms with Crippen LogP contribution in [0.4, 0.5) is 17.3 Å². The van der Waals surface area contributed by atoms with Gasteiger partial charge in [-0.15, -0.1) is 0 Å². The predicted octanol–water partition coefficient (Wildman–Crippen LogP) is 2.80. The Morgan fingerprint density at radius 2 is 2.00 bits per heavy atom. The van der Waals surface area contributed by atoms with Gasteiger partial charge >= 0.3 is 5.69 Å². The molecule has 0 atom stereocenters. The number of aromatic nitrogens is 1. The molecule has 0 saturated carbocycles. The van der Waals surface area contributed by atoms with Crippen LogP contribution in [-0.2, 0) is 6.54 Å². The third kappa shape index (κ3) is 3.03. The summed E-state index contributed by atoms with van der Waals surface area (Å²) in [5.74, 6) is 0.436. The number of nitrogens with zero attached hydrogens (tertiary/aromatic N) is 2. The van der Waals surface area contributed by atoms with Gasteiger partial charge < -0.3 is 11.1 Å². The number of rotatable bonds is 4. The van der Waals surface area contributed by atoms with Crippen LogP contribution in [0.1, 0.15) is 16.7 Å². The molecule has 3 N–H and O–H groups in total. The van der Waals surface area contributed by atoms with Gasteiger partial charge in [-0.3, -0.25) is 10.1 Å². The van der Waals surface area contributed by atoms with Gasteiger partial charge in [0.1, 0.15) is 5.82 Å². The third-order valence-corrected chi connectivity index (χ3v) is 3.14. The van der Waals surface area contributed by atoms with Crippen LogP contribution in [0, 0.1) is 24.0 Å². The second kappa shape index (κ2) is 5.56. The van der Waals surface area contributed by atoms with Crippen molar-refractivity contribution in [3.05, 3.63) is 57.1 Å². The van der Waals surface area contributed by atoms with Gasteiger partial charge in [0.25, 0.3) is 0 Å². The largest absolute Gasteiger partial charge is 0.378 e. The maximum Gasteiger partial charge on any atom is 0.311 e. The summed E-state index contributed by atoms with van der Waals surface area (Å²) in [6.07, 6.45) is 0. The SMILES string of the molecule is Cc1ccc(CNc2ccc([N+](=O)[O-])c(N)n2)cc1C. The molecule has 1 heterocycles. The molecular formula is C14H16N4O2. The summed E-state index contributed by atoms with van der Waals surface area (Å²) in [4.78, 5) is 14.1. The molecule has 0 fully saturated rings. The number of benzene rings is 1. The van der Waals surface area contributed by atoms with Gasteiger partial charge in [-0.1, -0.05) is 18.2 Å². The fraction of sp³-hybridized carbons (Fsp3) is 0.214. The highest BCUT2D eigenvalue weighted by molar-refractivity contribution is 5.57. The lowest BCUT2D eigenvalue weighted by Crippen LogP contribution is -2.05. The molecule has 0 spiro atoms. The van der Waals surface area contributed by atoms with Crippen molar-refractivity contribution in [1.29, 1.82) is 0 Å². The number of nitro groups is 1. The second-order valence-corrected chi connectivity index (χ2v) is 4.63. The number of nitrogens with one attached hydrogen (secondary N) is 1. The Hall–Kier alpha value is -2.63. The van der Waals surface area contributed by atoms with Crippen LogP contribution in [0.15, 0.2) is 30.3 Å². The number of hydrogen-bond acceptors (Lipinski definition) is 5. The van der Waals surface area contributed by atoms with E-state index in [-0.39, 0.29) is 11.5 Å². The van der Waals surface area contributed by atoms with Crippen molar-refractivity contribution >= 4 is 17.3 Å². The smallest absolute Gasteiger partial charge is 0.311 e. The number of hydrogen-bond donors (Lipinski definition) is 2. The molecule has 0 aliphatic rings. The number of nitrogen functional groups attached to an aromatic ring is 1. The minimum atomic E-state index is -0.546. The summed E-state index contributed by atoms with van der Waals surface area (Å²) in [6, 6.07) is 9.09. The monoisotopic (exact) mass is 272 g/mol. The first-order valence-corrected chi connectivity index (χ1v) is 6.18. The third-order valence-electron chi connectivity index (χ3n) is 3.14. The second-order valence-electron chi connectivity index (χ2n) is 4.63. The number of nitrogens with two attached hydrogens (primary N) is 1. The average molecular weight is 272 g/mol. The van der Waals surface area contributed by atoms with E-state index in [0.29, 0.717) is 12.4 Å². The van der Waals surface area contributed by atoms with Crippen molar-refractivity contribution in [3.8, 4) is 0 Å². The highest BCUT2D eigenvalue weighted by Gasteiger charge is 2.12. The summed E-state index contributed by atoms with van der Waals surface area (Å²) < 4.78 is 0. The van der Waals surface area contributed by atoms with Crippen LogP contribution >= 0.6 is 0 Å². The molecule has 0 aliphatic carbocycles. The molecule has 6 heteroatoms. The van der Waals surface area contributed by atoms with E-state index in [9.17, 15) is 10.1 Å². The Bertz CT molecular complexity index is 656. The highest BCUT2D eigenvalue weighted by Crippen LogP contribution is 2.21. The van der Waals surface area contributed by atoms with Gasteiger partial charge in [0.2, 0.25) is 5.82 Å². The van der Waals surface area contributed by atoms with Gasteiger partial charge in [-0.05, 0) is 36.6 Å². The van der Waals surface area contributed by atoms with Gasteiger partial charge in [0.05, 0.1) is 4.92 Å². The zero-order valence-corrected chi connectivity index (χ0v) is 11.4. The van der Waals surface area contributed by atoms with Crippen LogP contribution in [0.2, 0.25) is 0 Å². The first kappa shape index (κ1) is 13.8. The first-order valence-electron chi connectivity index (χ1n) is 6.18. The lowest BCUT2D eigenvalue weighted by molar-refractivity contribution is -0.384. The zero-order chi connectivity index (χ0) is 14.7. The van der Waals surface area contributed by atoms with E-state index in [2.05, 4.69) is 36.3 Å². The Morgan fingerprint density at radius 1 is 1.25 bits per heavy atom. The molecule has 20 heavy (non-hydrogen) atoms. The summed E-state index contributed by atoms with van der Waals surface area (Å²) in [5.41, 5.74) is 8.95. The molecule has 1 aromatic carbocycles.